The van der Waals surface area contributed by atoms with Crippen molar-refractivity contribution in [1.82, 2.24) is 19.9 Å². The summed E-state index contributed by atoms with van der Waals surface area (Å²) in [5, 5.41) is 3.25. The lowest BCUT2D eigenvalue weighted by molar-refractivity contribution is 0.379. The SMILES string of the molecule is CC(C)NCc1cc(S(=O)(=O)NC(C)CCN(C)C)c[nH]1. The Morgan fingerprint density at radius 3 is 2.52 bits per heavy atom. The average Bonchev–Trinajstić information content (AvgIpc) is 2.83. The fraction of sp³-hybridized carbons (Fsp3) is 0.714. The van der Waals surface area contributed by atoms with Crippen LogP contribution in [-0.4, -0.2) is 51.0 Å². The van der Waals surface area contributed by atoms with Gasteiger partial charge in [-0.1, -0.05) is 13.8 Å². The molecule has 0 radical (unpaired) electrons. The zero-order chi connectivity index (χ0) is 16.0. The summed E-state index contributed by atoms with van der Waals surface area (Å²) in [6.45, 7) is 7.46. The van der Waals surface area contributed by atoms with Crippen molar-refractivity contribution >= 4 is 10.0 Å². The molecule has 6 nitrogen and oxygen atoms in total. The lowest BCUT2D eigenvalue weighted by atomic mass is 10.2. The molecule has 1 unspecified atom stereocenters. The molecule has 3 N–H and O–H groups in total. The molecule has 21 heavy (non-hydrogen) atoms. The number of sulfonamides is 1. The molecule has 0 saturated carbocycles. The summed E-state index contributed by atoms with van der Waals surface area (Å²) in [6, 6.07) is 1.94. The third-order valence-corrected chi connectivity index (χ3v) is 4.66. The van der Waals surface area contributed by atoms with E-state index in [0.717, 1.165) is 18.7 Å². The van der Waals surface area contributed by atoms with Gasteiger partial charge in [0.2, 0.25) is 10.0 Å². The topological polar surface area (TPSA) is 77.2 Å². The molecule has 1 aromatic heterocycles. The van der Waals surface area contributed by atoms with Crippen molar-refractivity contribution < 1.29 is 8.42 Å². The molecule has 0 aromatic carbocycles. The Hall–Kier alpha value is -0.890. The van der Waals surface area contributed by atoms with Gasteiger partial charge in [-0.3, -0.25) is 0 Å². The molecule has 1 rings (SSSR count). The third-order valence-electron chi connectivity index (χ3n) is 3.09. The maximum atomic E-state index is 12.3. The predicted molar refractivity (Wildman–Crippen MR) is 85.7 cm³/mol. The Bertz CT molecular complexity index is 523. The van der Waals surface area contributed by atoms with Crippen LogP contribution in [-0.2, 0) is 16.6 Å². The van der Waals surface area contributed by atoms with Gasteiger partial charge in [0.15, 0.2) is 0 Å². The van der Waals surface area contributed by atoms with Crippen molar-refractivity contribution in [3.8, 4) is 0 Å². The highest BCUT2D eigenvalue weighted by atomic mass is 32.2. The number of hydrogen-bond donors (Lipinski definition) is 3. The molecular weight excluding hydrogens is 288 g/mol. The molecule has 0 bridgehead atoms. The van der Waals surface area contributed by atoms with E-state index in [2.05, 4.69) is 28.9 Å². The van der Waals surface area contributed by atoms with Crippen molar-refractivity contribution in [2.24, 2.45) is 0 Å². The van der Waals surface area contributed by atoms with Gasteiger partial charge in [0, 0.05) is 30.5 Å². The minimum atomic E-state index is -3.45. The van der Waals surface area contributed by atoms with Crippen LogP contribution in [0.2, 0.25) is 0 Å². The molecule has 0 fully saturated rings. The summed E-state index contributed by atoms with van der Waals surface area (Å²) >= 11 is 0. The number of H-pyrrole nitrogens is 1. The molecule has 1 atom stereocenters. The van der Waals surface area contributed by atoms with Gasteiger partial charge in [0.25, 0.3) is 0 Å². The maximum absolute atomic E-state index is 12.3. The maximum Gasteiger partial charge on any atom is 0.242 e. The zero-order valence-electron chi connectivity index (χ0n) is 13.6. The van der Waals surface area contributed by atoms with Crippen LogP contribution in [0.1, 0.15) is 32.9 Å². The second kappa shape index (κ2) is 7.93. The van der Waals surface area contributed by atoms with Crippen molar-refractivity contribution in [3.63, 3.8) is 0 Å². The second-order valence-electron chi connectivity index (χ2n) is 6.01. The molecule has 1 heterocycles. The molecule has 122 valence electrons. The summed E-state index contributed by atoms with van der Waals surface area (Å²) in [6.07, 6.45) is 2.32. The summed E-state index contributed by atoms with van der Waals surface area (Å²) in [7, 11) is 0.494. The molecule has 0 aliphatic rings. The van der Waals surface area contributed by atoms with Gasteiger partial charge >= 0.3 is 0 Å². The third kappa shape index (κ3) is 6.60. The quantitative estimate of drug-likeness (QED) is 0.638. The molecular formula is C14H28N4O2S. The number of hydrogen-bond acceptors (Lipinski definition) is 4. The highest BCUT2D eigenvalue weighted by Gasteiger charge is 2.18. The molecule has 0 saturated heterocycles. The molecule has 0 spiro atoms. The lowest BCUT2D eigenvalue weighted by Gasteiger charge is -2.16. The van der Waals surface area contributed by atoms with Crippen LogP contribution >= 0.6 is 0 Å². The highest BCUT2D eigenvalue weighted by Crippen LogP contribution is 2.12. The first-order valence-electron chi connectivity index (χ1n) is 7.28. The Morgan fingerprint density at radius 2 is 1.95 bits per heavy atom. The van der Waals surface area contributed by atoms with Crippen LogP contribution in [0.3, 0.4) is 0 Å². The Labute approximate surface area is 128 Å². The normalized spacial score (nSPS) is 14.0. The van der Waals surface area contributed by atoms with E-state index in [4.69, 9.17) is 0 Å². The molecule has 0 aliphatic carbocycles. The second-order valence-corrected chi connectivity index (χ2v) is 7.72. The van der Waals surface area contributed by atoms with Crippen LogP contribution in [0.15, 0.2) is 17.2 Å². The van der Waals surface area contributed by atoms with Crippen LogP contribution in [0.5, 0.6) is 0 Å². The average molecular weight is 316 g/mol. The molecule has 0 aliphatic heterocycles. The summed E-state index contributed by atoms with van der Waals surface area (Å²) < 4.78 is 27.3. The monoisotopic (exact) mass is 316 g/mol. The van der Waals surface area contributed by atoms with Gasteiger partial charge in [-0.15, -0.1) is 0 Å². The minimum absolute atomic E-state index is 0.0930. The first-order chi connectivity index (χ1) is 9.70. The number of nitrogens with zero attached hydrogens (tertiary/aromatic N) is 1. The van der Waals surface area contributed by atoms with E-state index < -0.39 is 10.0 Å². The van der Waals surface area contributed by atoms with Crippen LogP contribution < -0.4 is 10.0 Å². The van der Waals surface area contributed by atoms with Gasteiger partial charge in [-0.25, -0.2) is 13.1 Å². The largest absolute Gasteiger partial charge is 0.363 e. The summed E-state index contributed by atoms with van der Waals surface area (Å²) in [5.41, 5.74) is 0.866. The molecule has 7 heteroatoms. The Morgan fingerprint density at radius 1 is 1.29 bits per heavy atom. The van der Waals surface area contributed by atoms with Gasteiger partial charge < -0.3 is 15.2 Å². The Balaban J connectivity index is 2.61. The van der Waals surface area contributed by atoms with Gasteiger partial charge in [-0.2, -0.15) is 0 Å². The van der Waals surface area contributed by atoms with Crippen molar-refractivity contribution in [2.75, 3.05) is 20.6 Å². The highest BCUT2D eigenvalue weighted by molar-refractivity contribution is 7.89. The van der Waals surface area contributed by atoms with Gasteiger partial charge in [0.1, 0.15) is 0 Å². The van der Waals surface area contributed by atoms with Crippen molar-refractivity contribution in [1.29, 1.82) is 0 Å². The van der Waals surface area contributed by atoms with Crippen LogP contribution in [0.4, 0.5) is 0 Å². The minimum Gasteiger partial charge on any atom is -0.363 e. The van der Waals surface area contributed by atoms with E-state index in [1.807, 2.05) is 25.9 Å². The van der Waals surface area contributed by atoms with Gasteiger partial charge in [-0.05, 0) is 40.1 Å². The molecule has 1 aromatic rings. The van der Waals surface area contributed by atoms with E-state index in [0.29, 0.717) is 17.5 Å². The first kappa shape index (κ1) is 18.2. The van der Waals surface area contributed by atoms with Crippen molar-refractivity contribution in [2.45, 2.75) is 50.7 Å². The standard InChI is InChI=1S/C14H28N4O2S/c1-11(2)15-9-13-8-14(10-16-13)21(19,20)17-12(3)6-7-18(4)5/h8,10-12,15-17H,6-7,9H2,1-5H3. The van der Waals surface area contributed by atoms with Crippen molar-refractivity contribution in [3.05, 3.63) is 18.0 Å². The van der Waals surface area contributed by atoms with E-state index in [1.165, 1.54) is 0 Å². The fourth-order valence-electron chi connectivity index (χ4n) is 1.83. The van der Waals surface area contributed by atoms with E-state index >= 15 is 0 Å². The summed E-state index contributed by atoms with van der Waals surface area (Å²) in [4.78, 5) is 5.33. The van der Waals surface area contributed by atoms with Crippen LogP contribution in [0, 0.1) is 0 Å². The number of aromatic nitrogens is 1. The fourth-order valence-corrected chi connectivity index (χ4v) is 3.13. The van der Waals surface area contributed by atoms with Gasteiger partial charge in [0.05, 0.1) is 4.90 Å². The predicted octanol–water partition coefficient (Wildman–Crippen LogP) is 1.13. The number of rotatable bonds is 9. The zero-order valence-corrected chi connectivity index (χ0v) is 14.4. The molecule has 0 amide bonds. The van der Waals surface area contributed by atoms with E-state index in [-0.39, 0.29) is 6.04 Å². The number of aromatic amines is 1. The first-order valence-corrected chi connectivity index (χ1v) is 8.76. The van der Waals surface area contributed by atoms with E-state index in [9.17, 15) is 8.42 Å². The Kier molecular flexibility index (Phi) is 6.86. The number of nitrogens with one attached hydrogen (secondary N) is 3. The summed E-state index contributed by atoms with van der Waals surface area (Å²) in [5.74, 6) is 0. The van der Waals surface area contributed by atoms with E-state index in [1.54, 1.807) is 12.3 Å². The lowest BCUT2D eigenvalue weighted by Crippen LogP contribution is -2.34. The smallest absolute Gasteiger partial charge is 0.242 e. The van der Waals surface area contributed by atoms with Crippen LogP contribution in [0.25, 0.3) is 0 Å².